The molecule has 2 aromatic heterocycles. The number of hydrogen-bond donors (Lipinski definition) is 2. The fourth-order valence-electron chi connectivity index (χ4n) is 4.07. The van der Waals surface area contributed by atoms with E-state index in [9.17, 15) is 14.0 Å². The number of amides is 2. The molecule has 5 rings (SSSR count). The van der Waals surface area contributed by atoms with Crippen LogP contribution in [0, 0.1) is 5.82 Å². The Balaban J connectivity index is 1.61. The largest absolute Gasteiger partial charge is 0.366 e. The minimum Gasteiger partial charge on any atom is -0.366 e. The number of anilines is 1. The number of fused-ring (bicyclic) bond motifs is 2. The fraction of sp³-hybridized carbons (Fsp3) is 0.0800. The minimum atomic E-state index is -0.891. The lowest BCUT2D eigenvalue weighted by molar-refractivity contribution is 0.0992. The number of para-hydroxylation sites is 1. The maximum Gasteiger partial charge on any atom is 0.256 e. The number of benzene rings is 2. The van der Waals surface area contributed by atoms with Gasteiger partial charge in [0.05, 0.1) is 22.3 Å². The van der Waals surface area contributed by atoms with Crippen LogP contribution in [0.4, 0.5) is 10.1 Å². The molecule has 0 saturated heterocycles. The van der Waals surface area contributed by atoms with Crippen LogP contribution in [0.1, 0.15) is 43.3 Å². The Labute approximate surface area is 187 Å². The Hall–Kier alpha value is -3.84. The topological polar surface area (TPSA) is 85.1 Å². The van der Waals surface area contributed by atoms with Gasteiger partial charge < -0.3 is 11.1 Å². The molecule has 0 bridgehead atoms. The third-order valence-electron chi connectivity index (χ3n) is 5.52. The second-order valence-corrected chi connectivity index (χ2v) is 8.51. The first-order valence-corrected chi connectivity index (χ1v) is 11.0. The molecule has 4 aromatic rings. The molecule has 7 heteroatoms. The van der Waals surface area contributed by atoms with E-state index in [0.29, 0.717) is 17.7 Å². The van der Waals surface area contributed by atoms with E-state index in [1.165, 1.54) is 12.1 Å². The molecular weight excluding hydrogens is 425 g/mol. The van der Waals surface area contributed by atoms with E-state index in [4.69, 9.17) is 10.7 Å². The molecule has 1 aliphatic rings. The van der Waals surface area contributed by atoms with Crippen molar-refractivity contribution in [3.8, 4) is 0 Å². The Morgan fingerprint density at radius 3 is 2.72 bits per heavy atom. The number of pyridine rings is 1. The lowest BCUT2D eigenvalue weighted by Crippen LogP contribution is -2.17. The highest BCUT2D eigenvalue weighted by molar-refractivity contribution is 7.10. The number of hydrogen-bond acceptors (Lipinski definition) is 4. The Kier molecular flexibility index (Phi) is 5.03. The van der Waals surface area contributed by atoms with Gasteiger partial charge in [0.15, 0.2) is 0 Å². The van der Waals surface area contributed by atoms with Crippen LogP contribution in [0.5, 0.6) is 0 Å². The van der Waals surface area contributed by atoms with Crippen molar-refractivity contribution in [1.29, 1.82) is 0 Å². The third-order valence-corrected chi connectivity index (χ3v) is 6.34. The number of thiophene rings is 1. The van der Waals surface area contributed by atoms with E-state index in [2.05, 4.69) is 17.5 Å². The van der Waals surface area contributed by atoms with Crippen molar-refractivity contribution >= 4 is 51.4 Å². The van der Waals surface area contributed by atoms with Gasteiger partial charge in [-0.15, -0.1) is 11.3 Å². The number of primary amides is 1. The van der Waals surface area contributed by atoms with Gasteiger partial charge in [-0.05, 0) is 65.8 Å². The Bertz CT molecular complexity index is 1410. The lowest BCUT2D eigenvalue weighted by atomic mass is 10.00. The van der Waals surface area contributed by atoms with E-state index in [0.717, 1.165) is 45.1 Å². The molecule has 0 fully saturated rings. The molecule has 1 aliphatic carbocycles. The maximum absolute atomic E-state index is 13.8. The monoisotopic (exact) mass is 443 g/mol. The number of carbonyl (C=O) groups excluding carboxylic acids is 2. The van der Waals surface area contributed by atoms with Crippen molar-refractivity contribution in [2.45, 2.75) is 12.8 Å². The molecule has 0 atom stereocenters. The first-order valence-electron chi connectivity index (χ1n) is 10.1. The molecule has 0 unspecified atom stereocenters. The van der Waals surface area contributed by atoms with Gasteiger partial charge in [0.1, 0.15) is 5.82 Å². The molecule has 2 heterocycles. The first kappa shape index (κ1) is 20.1. The second-order valence-electron chi connectivity index (χ2n) is 7.53. The van der Waals surface area contributed by atoms with Crippen LogP contribution < -0.4 is 11.1 Å². The molecule has 0 saturated carbocycles. The summed E-state index contributed by atoms with van der Waals surface area (Å²) in [6.07, 6.45) is 3.61. The third kappa shape index (κ3) is 3.56. The van der Waals surface area contributed by atoms with Gasteiger partial charge in [-0.2, -0.15) is 0 Å². The number of halogens is 1. The van der Waals surface area contributed by atoms with E-state index in [1.807, 2.05) is 35.7 Å². The molecule has 2 aromatic carbocycles. The molecule has 2 amide bonds. The smallest absolute Gasteiger partial charge is 0.256 e. The van der Waals surface area contributed by atoms with Crippen molar-refractivity contribution in [1.82, 2.24) is 4.98 Å². The van der Waals surface area contributed by atoms with Crippen molar-refractivity contribution in [2.24, 2.45) is 5.73 Å². The molecule has 5 nitrogen and oxygen atoms in total. The summed E-state index contributed by atoms with van der Waals surface area (Å²) in [5.41, 5.74) is 9.36. The van der Waals surface area contributed by atoms with E-state index in [1.54, 1.807) is 11.3 Å². The maximum atomic E-state index is 13.8. The van der Waals surface area contributed by atoms with Crippen LogP contribution in [0.3, 0.4) is 0 Å². The number of allylic oxidation sites excluding steroid dienone is 1. The summed E-state index contributed by atoms with van der Waals surface area (Å²) < 4.78 is 13.8. The van der Waals surface area contributed by atoms with Crippen LogP contribution in [-0.4, -0.2) is 16.8 Å². The average Bonchev–Trinajstić information content (AvgIpc) is 3.43. The summed E-state index contributed by atoms with van der Waals surface area (Å²) in [6.45, 7) is 0. The number of rotatable bonds is 4. The van der Waals surface area contributed by atoms with Crippen molar-refractivity contribution in [2.75, 3.05) is 5.32 Å². The number of carbonyl (C=O) groups is 2. The zero-order valence-electron chi connectivity index (χ0n) is 16.9. The highest BCUT2D eigenvalue weighted by Crippen LogP contribution is 2.38. The summed E-state index contributed by atoms with van der Waals surface area (Å²) >= 11 is 1.65. The quantitative estimate of drug-likeness (QED) is 0.450. The van der Waals surface area contributed by atoms with Crippen LogP contribution in [-0.2, 0) is 6.42 Å². The molecule has 0 aliphatic heterocycles. The van der Waals surface area contributed by atoms with Gasteiger partial charge in [0.2, 0.25) is 0 Å². The predicted octanol–water partition coefficient (Wildman–Crippen LogP) is 5.27. The molecule has 32 heavy (non-hydrogen) atoms. The number of nitrogens with two attached hydrogens (primary N) is 1. The van der Waals surface area contributed by atoms with Gasteiger partial charge in [-0.1, -0.05) is 24.3 Å². The molecular formula is C25H18FN3O2S. The number of nitrogens with one attached hydrogen (secondary N) is 1. The number of nitrogens with zero attached hydrogens (tertiary/aromatic N) is 1. The van der Waals surface area contributed by atoms with Crippen LogP contribution in [0.15, 0.2) is 60.0 Å². The van der Waals surface area contributed by atoms with Gasteiger partial charge in [-0.25, -0.2) is 9.37 Å². The van der Waals surface area contributed by atoms with Gasteiger partial charge >= 0.3 is 0 Å². The SMILES string of the molecule is NC(=O)c1cc(NC(=O)c2c3c(nc4ccccc24)/C(=C/c2cccs2)CC3)ccc1F. The standard InChI is InChI=1S/C25H18FN3O2S/c26-20-10-8-15(13-19(20)24(27)30)28-25(31)22-17-5-1-2-6-21(17)29-23-14(7-9-18(22)23)12-16-4-3-11-32-16/h1-6,8,10-13H,7,9H2,(H2,27,30)(H,28,31)/b14-12+. The summed E-state index contributed by atoms with van der Waals surface area (Å²) in [6, 6.07) is 15.3. The Morgan fingerprint density at radius 1 is 1.09 bits per heavy atom. The summed E-state index contributed by atoms with van der Waals surface area (Å²) in [5.74, 6) is -1.95. The summed E-state index contributed by atoms with van der Waals surface area (Å²) in [5, 5.41) is 5.58. The first-order chi connectivity index (χ1) is 15.5. The summed E-state index contributed by atoms with van der Waals surface area (Å²) in [4.78, 5) is 30.9. The predicted molar refractivity (Wildman–Crippen MR) is 125 cm³/mol. The Morgan fingerprint density at radius 2 is 1.94 bits per heavy atom. The number of aromatic nitrogens is 1. The van der Waals surface area contributed by atoms with Crippen LogP contribution in [0.25, 0.3) is 22.6 Å². The van der Waals surface area contributed by atoms with Crippen molar-refractivity contribution < 1.29 is 14.0 Å². The van der Waals surface area contributed by atoms with E-state index < -0.39 is 11.7 Å². The van der Waals surface area contributed by atoms with E-state index in [-0.39, 0.29) is 11.5 Å². The molecule has 0 radical (unpaired) electrons. The summed E-state index contributed by atoms with van der Waals surface area (Å²) in [7, 11) is 0. The van der Waals surface area contributed by atoms with Gasteiger partial charge in [0.25, 0.3) is 11.8 Å². The highest BCUT2D eigenvalue weighted by atomic mass is 32.1. The second kappa shape index (κ2) is 8.01. The molecule has 0 spiro atoms. The average molecular weight is 444 g/mol. The molecule has 3 N–H and O–H groups in total. The van der Waals surface area contributed by atoms with Gasteiger partial charge in [0, 0.05) is 16.0 Å². The minimum absolute atomic E-state index is 0.270. The highest BCUT2D eigenvalue weighted by Gasteiger charge is 2.27. The van der Waals surface area contributed by atoms with Crippen molar-refractivity contribution in [3.05, 3.63) is 93.1 Å². The zero-order valence-corrected chi connectivity index (χ0v) is 17.7. The van der Waals surface area contributed by atoms with Gasteiger partial charge in [-0.3, -0.25) is 9.59 Å². The fourth-order valence-corrected chi connectivity index (χ4v) is 4.75. The normalized spacial score (nSPS) is 14.0. The molecule has 158 valence electrons. The lowest BCUT2D eigenvalue weighted by Gasteiger charge is -2.13. The van der Waals surface area contributed by atoms with Crippen LogP contribution in [0.2, 0.25) is 0 Å². The van der Waals surface area contributed by atoms with E-state index >= 15 is 0 Å². The zero-order chi connectivity index (χ0) is 22.2. The van der Waals surface area contributed by atoms with Crippen molar-refractivity contribution in [3.63, 3.8) is 0 Å². The van der Waals surface area contributed by atoms with Crippen LogP contribution >= 0.6 is 11.3 Å².